The van der Waals surface area contributed by atoms with Gasteiger partial charge < -0.3 is 4.74 Å². The Kier molecular flexibility index (Phi) is 1.88. The second-order valence-corrected chi connectivity index (χ2v) is 4.47. The molecule has 0 amide bonds. The minimum Gasteiger partial charge on any atom is -0.464 e. The number of allylic oxidation sites excluding steroid dienone is 2. The van der Waals surface area contributed by atoms with E-state index in [-0.39, 0.29) is 0 Å². The van der Waals surface area contributed by atoms with Gasteiger partial charge in [-0.15, -0.1) is 11.8 Å². The standard InChI is InChI=1S/C12H10OS/c1-2-4-11-10(3-1)12-9(5-7-13-11)6-8-14-12/h1-5,7H,6,8H2. The summed E-state index contributed by atoms with van der Waals surface area (Å²) in [5.41, 5.74) is 2.66. The highest BCUT2D eigenvalue weighted by Crippen LogP contribution is 2.44. The second-order valence-electron chi connectivity index (χ2n) is 3.37. The predicted octanol–water partition coefficient (Wildman–Crippen LogP) is 3.44. The Balaban J connectivity index is 2.22. The largest absolute Gasteiger partial charge is 0.464 e. The van der Waals surface area contributed by atoms with Gasteiger partial charge in [0.25, 0.3) is 0 Å². The molecule has 0 saturated heterocycles. The minimum absolute atomic E-state index is 0.975. The monoisotopic (exact) mass is 202 g/mol. The maximum absolute atomic E-state index is 5.55. The number of fused-ring (bicyclic) bond motifs is 2. The van der Waals surface area contributed by atoms with Crippen LogP contribution in [0.25, 0.3) is 4.91 Å². The van der Waals surface area contributed by atoms with Gasteiger partial charge in [-0.3, -0.25) is 0 Å². The van der Waals surface area contributed by atoms with Gasteiger partial charge in [0.05, 0.1) is 6.26 Å². The van der Waals surface area contributed by atoms with E-state index in [4.69, 9.17) is 4.74 Å². The van der Waals surface area contributed by atoms with Crippen molar-refractivity contribution < 1.29 is 4.74 Å². The summed E-state index contributed by atoms with van der Waals surface area (Å²) in [5, 5.41) is 0. The van der Waals surface area contributed by atoms with E-state index in [0.717, 1.165) is 12.2 Å². The Hall–Kier alpha value is -1.15. The van der Waals surface area contributed by atoms with E-state index in [0.29, 0.717) is 0 Å². The molecule has 1 aromatic carbocycles. The van der Waals surface area contributed by atoms with Crippen molar-refractivity contribution in [2.24, 2.45) is 0 Å². The third-order valence-electron chi connectivity index (χ3n) is 2.51. The molecule has 0 saturated carbocycles. The Labute approximate surface area is 87.5 Å². The van der Waals surface area contributed by atoms with Crippen molar-refractivity contribution >= 4 is 16.7 Å². The van der Waals surface area contributed by atoms with E-state index in [1.807, 2.05) is 23.9 Å². The molecule has 0 radical (unpaired) electrons. The average molecular weight is 202 g/mol. The van der Waals surface area contributed by atoms with Crippen LogP contribution >= 0.6 is 11.8 Å². The molecular weight excluding hydrogens is 192 g/mol. The number of benzene rings is 1. The average Bonchev–Trinajstić information content (AvgIpc) is 2.61. The van der Waals surface area contributed by atoms with E-state index in [1.165, 1.54) is 21.8 Å². The van der Waals surface area contributed by atoms with Crippen molar-refractivity contribution in [2.45, 2.75) is 6.42 Å². The van der Waals surface area contributed by atoms with Crippen LogP contribution in [-0.4, -0.2) is 5.75 Å². The summed E-state index contributed by atoms with van der Waals surface area (Å²) in [5.74, 6) is 2.17. The van der Waals surface area contributed by atoms with E-state index < -0.39 is 0 Å². The lowest BCUT2D eigenvalue weighted by molar-refractivity contribution is 0.481. The van der Waals surface area contributed by atoms with Gasteiger partial charge in [0.1, 0.15) is 5.75 Å². The number of para-hydroxylation sites is 1. The molecule has 0 fully saturated rings. The van der Waals surface area contributed by atoms with Crippen LogP contribution in [0.2, 0.25) is 0 Å². The van der Waals surface area contributed by atoms with Crippen LogP contribution in [0.3, 0.4) is 0 Å². The van der Waals surface area contributed by atoms with Crippen molar-refractivity contribution in [3.8, 4) is 5.75 Å². The Morgan fingerprint density at radius 3 is 3.14 bits per heavy atom. The molecule has 0 unspecified atom stereocenters. The molecule has 70 valence electrons. The van der Waals surface area contributed by atoms with Gasteiger partial charge in [-0.2, -0.15) is 0 Å². The maximum atomic E-state index is 5.55. The first-order chi connectivity index (χ1) is 6.95. The summed E-state index contributed by atoms with van der Waals surface area (Å²) in [6.45, 7) is 0. The summed E-state index contributed by atoms with van der Waals surface area (Å²) in [6.07, 6.45) is 5.05. The third-order valence-corrected chi connectivity index (χ3v) is 3.68. The first kappa shape index (κ1) is 8.18. The zero-order valence-electron chi connectivity index (χ0n) is 7.69. The Morgan fingerprint density at radius 2 is 2.14 bits per heavy atom. The van der Waals surface area contributed by atoms with Crippen LogP contribution < -0.4 is 4.74 Å². The summed E-state index contributed by atoms with van der Waals surface area (Å²) in [4.78, 5) is 1.40. The Morgan fingerprint density at radius 1 is 1.21 bits per heavy atom. The molecule has 2 heteroatoms. The lowest BCUT2D eigenvalue weighted by Crippen LogP contribution is -1.85. The molecule has 2 aliphatic heterocycles. The van der Waals surface area contributed by atoms with Crippen LogP contribution in [0.5, 0.6) is 5.75 Å². The van der Waals surface area contributed by atoms with Gasteiger partial charge >= 0.3 is 0 Å². The van der Waals surface area contributed by atoms with Gasteiger partial charge in [0, 0.05) is 16.2 Å². The van der Waals surface area contributed by atoms with Crippen molar-refractivity contribution in [3.63, 3.8) is 0 Å². The van der Waals surface area contributed by atoms with Crippen molar-refractivity contribution in [2.75, 3.05) is 5.75 Å². The third kappa shape index (κ3) is 1.18. The molecule has 1 nitrogen and oxygen atoms in total. The zero-order chi connectivity index (χ0) is 9.38. The summed E-state index contributed by atoms with van der Waals surface area (Å²) >= 11 is 1.93. The van der Waals surface area contributed by atoms with E-state index in [1.54, 1.807) is 6.26 Å². The van der Waals surface area contributed by atoms with Crippen molar-refractivity contribution in [1.82, 2.24) is 0 Å². The van der Waals surface area contributed by atoms with E-state index in [2.05, 4.69) is 18.2 Å². The van der Waals surface area contributed by atoms with Crippen LogP contribution in [0.15, 0.2) is 42.2 Å². The molecule has 0 bridgehead atoms. The van der Waals surface area contributed by atoms with Crippen LogP contribution in [0, 0.1) is 0 Å². The van der Waals surface area contributed by atoms with Crippen LogP contribution in [0.1, 0.15) is 12.0 Å². The van der Waals surface area contributed by atoms with Crippen molar-refractivity contribution in [3.05, 3.63) is 47.7 Å². The van der Waals surface area contributed by atoms with Gasteiger partial charge in [0.2, 0.25) is 0 Å². The number of hydrogen-bond acceptors (Lipinski definition) is 2. The number of hydrogen-bond donors (Lipinski definition) is 0. The van der Waals surface area contributed by atoms with Crippen LogP contribution in [0.4, 0.5) is 0 Å². The molecule has 0 aliphatic carbocycles. The topological polar surface area (TPSA) is 9.23 Å². The summed E-state index contributed by atoms with van der Waals surface area (Å²) in [7, 11) is 0. The fourth-order valence-corrected chi connectivity index (χ4v) is 3.03. The predicted molar refractivity (Wildman–Crippen MR) is 60.2 cm³/mol. The fourth-order valence-electron chi connectivity index (χ4n) is 1.83. The van der Waals surface area contributed by atoms with Crippen molar-refractivity contribution in [1.29, 1.82) is 0 Å². The van der Waals surface area contributed by atoms with E-state index >= 15 is 0 Å². The van der Waals surface area contributed by atoms with Crippen LogP contribution in [-0.2, 0) is 0 Å². The summed E-state index contributed by atoms with van der Waals surface area (Å²) in [6, 6.07) is 8.24. The number of rotatable bonds is 0. The maximum Gasteiger partial charge on any atom is 0.134 e. The van der Waals surface area contributed by atoms with Gasteiger partial charge in [0.15, 0.2) is 0 Å². The smallest absolute Gasteiger partial charge is 0.134 e. The van der Waals surface area contributed by atoms with Gasteiger partial charge in [-0.25, -0.2) is 0 Å². The zero-order valence-corrected chi connectivity index (χ0v) is 8.51. The quantitative estimate of drug-likeness (QED) is 0.637. The normalized spacial score (nSPS) is 18.6. The van der Waals surface area contributed by atoms with E-state index in [9.17, 15) is 0 Å². The number of thioether (sulfide) groups is 1. The molecule has 14 heavy (non-hydrogen) atoms. The lowest BCUT2D eigenvalue weighted by Gasteiger charge is -2.06. The Bertz CT molecular complexity index is 432. The summed E-state index contributed by atoms with van der Waals surface area (Å²) < 4.78 is 5.55. The minimum atomic E-state index is 0.975. The first-order valence-electron chi connectivity index (χ1n) is 4.74. The molecule has 2 heterocycles. The highest BCUT2D eigenvalue weighted by Gasteiger charge is 2.19. The first-order valence-corrected chi connectivity index (χ1v) is 5.72. The molecule has 0 N–H and O–H groups in total. The number of ether oxygens (including phenoxy) is 1. The molecule has 2 aliphatic rings. The van der Waals surface area contributed by atoms with Gasteiger partial charge in [-0.05, 0) is 24.1 Å². The molecule has 1 aromatic rings. The SMILES string of the molecule is C1=CC2=C(SCC2)c2ccccc2O1. The molecular formula is C12H10OS. The molecule has 0 spiro atoms. The lowest BCUT2D eigenvalue weighted by atomic mass is 10.1. The molecule has 3 rings (SSSR count). The second kappa shape index (κ2) is 3.21. The fraction of sp³-hybridized carbons (Fsp3) is 0.167. The highest BCUT2D eigenvalue weighted by atomic mass is 32.2. The van der Waals surface area contributed by atoms with Gasteiger partial charge in [-0.1, -0.05) is 18.2 Å². The highest BCUT2D eigenvalue weighted by molar-refractivity contribution is 8.08. The molecule has 0 aromatic heterocycles. The molecule has 0 atom stereocenters.